The summed E-state index contributed by atoms with van der Waals surface area (Å²) in [6.07, 6.45) is 0.166. The Balaban J connectivity index is 1.87. The van der Waals surface area contributed by atoms with Gasteiger partial charge in [0.2, 0.25) is 21.0 Å². The Morgan fingerprint density at radius 1 is 1.18 bits per heavy atom. The Kier molecular flexibility index (Phi) is 6.17. The molecule has 4 aromatic rings. The average Bonchev–Trinajstić information content (AvgIpc) is 3.40. The molecule has 0 radical (unpaired) electrons. The van der Waals surface area contributed by atoms with Crippen LogP contribution in [0.4, 0.5) is 8.78 Å². The van der Waals surface area contributed by atoms with Gasteiger partial charge in [-0.2, -0.15) is 9.78 Å². The van der Waals surface area contributed by atoms with Gasteiger partial charge < -0.3 is 9.84 Å². The van der Waals surface area contributed by atoms with Crippen LogP contribution in [0.15, 0.2) is 52.7 Å². The topological polar surface area (TPSA) is 137 Å². The summed E-state index contributed by atoms with van der Waals surface area (Å²) in [6.45, 7) is 0. The highest BCUT2D eigenvalue weighted by molar-refractivity contribution is 7.89. The Bertz CT molecular complexity index is 1500. The third-order valence-electron chi connectivity index (χ3n) is 4.85. The van der Waals surface area contributed by atoms with Crippen LogP contribution in [-0.2, 0) is 16.4 Å². The Morgan fingerprint density at radius 3 is 2.44 bits per heavy atom. The number of hydrogen-bond donors (Lipinski definition) is 2. The first kappa shape index (κ1) is 23.5. The number of carboxylic acid groups (broad SMARTS) is 1. The minimum Gasteiger partial charge on any atom is -0.481 e. The average molecular weight is 507 g/mol. The van der Waals surface area contributed by atoms with Gasteiger partial charge in [0.25, 0.3) is 0 Å². The number of nitrogens with zero attached hydrogens (tertiary/aromatic N) is 3. The molecule has 0 saturated carbocycles. The summed E-state index contributed by atoms with van der Waals surface area (Å²) in [5.74, 6) is -3.12. The zero-order valence-corrected chi connectivity index (χ0v) is 19.0. The summed E-state index contributed by atoms with van der Waals surface area (Å²) in [5, 5.41) is 20.3. The van der Waals surface area contributed by atoms with Crippen molar-refractivity contribution in [1.82, 2.24) is 14.8 Å². The zero-order chi connectivity index (χ0) is 24.6. The molecule has 9 nitrogen and oxygen atoms in total. The molecular formula is C21H16F2N4O5S2. The molecule has 0 aliphatic carbocycles. The van der Waals surface area contributed by atoms with E-state index in [9.17, 15) is 27.1 Å². The van der Waals surface area contributed by atoms with Crippen LogP contribution in [-0.4, -0.2) is 41.4 Å². The fourth-order valence-corrected chi connectivity index (χ4v) is 4.53. The first-order chi connectivity index (χ1) is 16.1. The normalized spacial score (nSPS) is 11.5. The van der Waals surface area contributed by atoms with Crippen molar-refractivity contribution in [2.45, 2.75) is 11.3 Å². The van der Waals surface area contributed by atoms with Crippen LogP contribution < -0.4 is 9.88 Å². The smallest absolute Gasteiger partial charge is 0.355 e. The van der Waals surface area contributed by atoms with Crippen molar-refractivity contribution in [3.8, 4) is 22.3 Å². The van der Waals surface area contributed by atoms with E-state index in [1.54, 1.807) is 12.1 Å². The molecule has 13 heteroatoms. The lowest BCUT2D eigenvalue weighted by Gasteiger charge is -2.08. The van der Waals surface area contributed by atoms with Gasteiger partial charge in [-0.1, -0.05) is 12.1 Å². The van der Waals surface area contributed by atoms with Gasteiger partial charge in [0.1, 0.15) is 5.69 Å². The molecule has 2 heterocycles. The summed E-state index contributed by atoms with van der Waals surface area (Å²) in [7, 11) is -2.50. The zero-order valence-electron chi connectivity index (χ0n) is 17.4. The highest BCUT2D eigenvalue weighted by atomic mass is 32.2. The van der Waals surface area contributed by atoms with Crippen molar-refractivity contribution in [2.75, 3.05) is 7.11 Å². The molecule has 34 heavy (non-hydrogen) atoms. The van der Waals surface area contributed by atoms with Crippen molar-refractivity contribution in [3.63, 3.8) is 0 Å². The van der Waals surface area contributed by atoms with E-state index >= 15 is 0 Å². The summed E-state index contributed by atoms with van der Waals surface area (Å²) < 4.78 is 57.4. The lowest BCUT2D eigenvalue weighted by molar-refractivity contribution is 0.0691. The molecule has 0 unspecified atom stereocenters. The minimum absolute atomic E-state index is 0.0660. The van der Waals surface area contributed by atoms with E-state index in [4.69, 9.17) is 9.88 Å². The van der Waals surface area contributed by atoms with Crippen LogP contribution in [0, 0.1) is 11.6 Å². The summed E-state index contributed by atoms with van der Waals surface area (Å²) >= 11 is 1.01. The van der Waals surface area contributed by atoms with Crippen molar-refractivity contribution < 1.29 is 31.8 Å². The van der Waals surface area contributed by atoms with Crippen LogP contribution in [0.25, 0.3) is 16.4 Å². The molecular weight excluding hydrogens is 490 g/mol. The van der Waals surface area contributed by atoms with Gasteiger partial charge in [-0.15, -0.1) is 11.3 Å². The number of nitrogens with two attached hydrogens (primary N) is 1. The molecule has 0 atom stereocenters. The SMILES string of the molecule is COc1c(Cc2ccc(S(N)(=O)=O)cc2)c(-c2ccc(F)c(F)c2)nn1-c1nc(C(=O)O)cs1. The van der Waals surface area contributed by atoms with E-state index in [2.05, 4.69) is 10.1 Å². The molecule has 0 amide bonds. The molecule has 4 rings (SSSR count). The number of benzene rings is 2. The van der Waals surface area contributed by atoms with Crippen LogP contribution >= 0.6 is 11.3 Å². The van der Waals surface area contributed by atoms with Gasteiger partial charge in [0.05, 0.1) is 12.0 Å². The van der Waals surface area contributed by atoms with E-state index in [0.29, 0.717) is 11.1 Å². The fraction of sp³-hybridized carbons (Fsp3) is 0.0952. The predicted molar refractivity (Wildman–Crippen MR) is 119 cm³/mol. The van der Waals surface area contributed by atoms with Crippen LogP contribution in [0.2, 0.25) is 0 Å². The van der Waals surface area contributed by atoms with Gasteiger partial charge in [-0.25, -0.2) is 32.1 Å². The fourth-order valence-electron chi connectivity index (χ4n) is 3.27. The maximum absolute atomic E-state index is 14.0. The first-order valence-corrected chi connectivity index (χ1v) is 11.9. The van der Waals surface area contributed by atoms with E-state index in [0.717, 1.165) is 23.5 Å². The number of aromatic nitrogens is 3. The highest BCUT2D eigenvalue weighted by Gasteiger charge is 2.24. The van der Waals surface area contributed by atoms with Gasteiger partial charge in [0.15, 0.2) is 17.3 Å². The van der Waals surface area contributed by atoms with Crippen molar-refractivity contribution in [1.29, 1.82) is 0 Å². The van der Waals surface area contributed by atoms with Crippen LogP contribution in [0.5, 0.6) is 5.88 Å². The summed E-state index contributed by atoms with van der Waals surface area (Å²) in [4.78, 5) is 15.2. The number of aromatic carboxylic acids is 1. The number of rotatable bonds is 7. The van der Waals surface area contributed by atoms with E-state index < -0.39 is 27.6 Å². The first-order valence-electron chi connectivity index (χ1n) is 9.50. The molecule has 0 spiro atoms. The van der Waals surface area contributed by atoms with Crippen molar-refractivity contribution in [2.24, 2.45) is 5.14 Å². The van der Waals surface area contributed by atoms with E-state index in [1.165, 1.54) is 35.4 Å². The number of methoxy groups -OCH3 is 1. The quantitative estimate of drug-likeness (QED) is 0.393. The van der Waals surface area contributed by atoms with Gasteiger partial charge >= 0.3 is 5.97 Å². The highest BCUT2D eigenvalue weighted by Crippen LogP contribution is 2.35. The second-order valence-corrected chi connectivity index (χ2v) is 9.46. The van der Waals surface area contributed by atoms with Gasteiger partial charge in [0, 0.05) is 22.9 Å². The lowest BCUT2D eigenvalue weighted by Crippen LogP contribution is -2.11. The third kappa shape index (κ3) is 4.53. The molecule has 0 aliphatic rings. The number of thiazole rings is 1. The molecule has 2 aromatic heterocycles. The number of carboxylic acids is 1. The van der Waals surface area contributed by atoms with Crippen molar-refractivity contribution in [3.05, 3.63) is 76.3 Å². The summed E-state index contributed by atoms with van der Waals surface area (Å²) in [6, 6.07) is 9.10. The standard InChI is InChI=1S/C21H16F2N4O5S2/c1-32-19-14(8-11-2-5-13(6-3-11)34(24,30)31)18(12-4-7-15(22)16(23)9-12)26-27(19)21-25-17(10-33-21)20(28)29/h2-7,9-10H,8H2,1H3,(H,28,29)(H2,24,30,31). The second-order valence-electron chi connectivity index (χ2n) is 7.06. The number of ether oxygens (including phenoxy) is 1. The largest absolute Gasteiger partial charge is 0.481 e. The Morgan fingerprint density at radius 2 is 1.88 bits per heavy atom. The lowest BCUT2D eigenvalue weighted by atomic mass is 10.0. The molecule has 176 valence electrons. The van der Waals surface area contributed by atoms with E-state index in [1.807, 2.05) is 0 Å². The molecule has 0 bridgehead atoms. The maximum atomic E-state index is 14.0. The Labute approximate surface area is 196 Å². The number of sulfonamides is 1. The third-order valence-corrected chi connectivity index (χ3v) is 6.59. The second kappa shape index (κ2) is 8.93. The molecule has 2 aromatic carbocycles. The number of carbonyl (C=O) groups is 1. The number of hydrogen-bond acceptors (Lipinski definition) is 7. The van der Waals surface area contributed by atoms with Crippen LogP contribution in [0.1, 0.15) is 21.6 Å². The van der Waals surface area contributed by atoms with E-state index in [-0.39, 0.29) is 39.3 Å². The maximum Gasteiger partial charge on any atom is 0.355 e. The minimum atomic E-state index is -3.88. The van der Waals surface area contributed by atoms with Gasteiger partial charge in [-0.3, -0.25) is 0 Å². The Hall–Kier alpha value is -3.68. The number of primary sulfonamides is 1. The molecule has 0 saturated heterocycles. The molecule has 3 N–H and O–H groups in total. The summed E-state index contributed by atoms with van der Waals surface area (Å²) in [5.41, 5.74) is 1.43. The van der Waals surface area contributed by atoms with Crippen molar-refractivity contribution >= 4 is 27.3 Å². The van der Waals surface area contributed by atoms with Crippen LogP contribution in [0.3, 0.4) is 0 Å². The molecule has 0 fully saturated rings. The molecule has 0 aliphatic heterocycles. The monoisotopic (exact) mass is 506 g/mol. The predicted octanol–water partition coefficient (Wildman–Crippen LogP) is 3.22. The number of halogens is 2. The van der Waals surface area contributed by atoms with Gasteiger partial charge in [-0.05, 0) is 35.9 Å².